The summed E-state index contributed by atoms with van der Waals surface area (Å²) in [6.45, 7) is 1.82. The van der Waals surface area contributed by atoms with E-state index < -0.39 is 17.1 Å². The Kier molecular flexibility index (Phi) is 5.08. The van der Waals surface area contributed by atoms with Crippen molar-refractivity contribution in [2.24, 2.45) is 0 Å². The van der Waals surface area contributed by atoms with Crippen LogP contribution in [0.2, 0.25) is 0 Å². The van der Waals surface area contributed by atoms with Crippen molar-refractivity contribution in [2.75, 3.05) is 0 Å². The molecule has 0 unspecified atom stereocenters. The number of nitro benzene ring substituents is 1. The second kappa shape index (κ2) is 7.21. The molecule has 114 valence electrons. The number of hydrogen-bond donors (Lipinski definition) is 1. The third-order valence-corrected chi connectivity index (χ3v) is 3.15. The van der Waals surface area contributed by atoms with Gasteiger partial charge in [-0.05, 0) is 12.5 Å². The van der Waals surface area contributed by atoms with Crippen LogP contribution in [-0.4, -0.2) is 11.0 Å². The highest BCUT2D eigenvalue weighted by molar-refractivity contribution is 5.68. The van der Waals surface area contributed by atoms with Crippen LogP contribution >= 0.6 is 0 Å². The highest BCUT2D eigenvalue weighted by Crippen LogP contribution is 2.24. The van der Waals surface area contributed by atoms with E-state index in [1.165, 1.54) is 6.07 Å². The number of nitrogens with one attached hydrogen (secondary N) is 1. The van der Waals surface area contributed by atoms with Crippen LogP contribution in [0.1, 0.15) is 24.1 Å². The van der Waals surface area contributed by atoms with Gasteiger partial charge < -0.3 is 10.1 Å². The molecule has 0 radical (unpaired) electrons. The lowest BCUT2D eigenvalue weighted by molar-refractivity contribution is -0.385. The van der Waals surface area contributed by atoms with Crippen molar-refractivity contribution >= 4 is 11.8 Å². The zero-order valence-corrected chi connectivity index (χ0v) is 12.1. The summed E-state index contributed by atoms with van der Waals surface area (Å²) in [6.07, 6.45) is -0.616. The minimum absolute atomic E-state index is 0.0293. The lowest BCUT2D eigenvalue weighted by Gasteiger charge is -2.14. The van der Waals surface area contributed by atoms with Gasteiger partial charge >= 0.3 is 6.09 Å². The summed E-state index contributed by atoms with van der Waals surface area (Å²) >= 11 is 0. The summed E-state index contributed by atoms with van der Waals surface area (Å²) in [7, 11) is 0. The maximum atomic E-state index is 11.8. The molecule has 6 nitrogen and oxygen atoms in total. The fourth-order valence-corrected chi connectivity index (χ4v) is 2.04. The molecular weight excluding hydrogens is 284 g/mol. The Hall–Kier alpha value is -2.89. The standard InChI is InChI=1S/C16H16N2O4/c1-12(14-9-5-6-10-15(14)18(20)21)17-16(19)22-11-13-7-3-2-4-8-13/h2-10,12H,11H2,1H3,(H,17,19)/t12-/m1/s1. The van der Waals surface area contributed by atoms with Crippen molar-refractivity contribution in [3.63, 3.8) is 0 Å². The summed E-state index contributed by atoms with van der Waals surface area (Å²) in [5.41, 5.74) is 1.28. The summed E-state index contributed by atoms with van der Waals surface area (Å²) in [4.78, 5) is 22.3. The molecule has 2 aromatic rings. The number of nitrogens with zero attached hydrogens (tertiary/aromatic N) is 1. The van der Waals surface area contributed by atoms with Crippen molar-refractivity contribution in [1.82, 2.24) is 5.32 Å². The lowest BCUT2D eigenvalue weighted by atomic mass is 10.1. The smallest absolute Gasteiger partial charge is 0.407 e. The van der Waals surface area contributed by atoms with E-state index in [0.29, 0.717) is 5.56 Å². The molecule has 0 aromatic heterocycles. The molecule has 0 bridgehead atoms. The first-order valence-corrected chi connectivity index (χ1v) is 6.78. The minimum Gasteiger partial charge on any atom is -0.445 e. The molecule has 0 fully saturated rings. The first-order chi connectivity index (χ1) is 10.6. The third-order valence-electron chi connectivity index (χ3n) is 3.15. The van der Waals surface area contributed by atoms with Gasteiger partial charge in [0.15, 0.2) is 0 Å². The Morgan fingerprint density at radius 3 is 2.50 bits per heavy atom. The number of alkyl carbamates (subject to hydrolysis) is 1. The maximum Gasteiger partial charge on any atom is 0.407 e. The molecule has 0 aliphatic rings. The Morgan fingerprint density at radius 2 is 1.82 bits per heavy atom. The van der Waals surface area contributed by atoms with Gasteiger partial charge in [0.1, 0.15) is 6.61 Å². The van der Waals surface area contributed by atoms with Gasteiger partial charge in [-0.3, -0.25) is 10.1 Å². The largest absolute Gasteiger partial charge is 0.445 e. The van der Waals surface area contributed by atoms with E-state index in [9.17, 15) is 14.9 Å². The number of benzene rings is 2. The molecule has 1 N–H and O–H groups in total. The molecular formula is C16H16N2O4. The molecule has 2 aromatic carbocycles. The SMILES string of the molecule is C[C@@H](NC(=O)OCc1ccccc1)c1ccccc1[N+](=O)[O-]. The Labute approximate surface area is 127 Å². The number of nitro groups is 1. The fraction of sp³-hybridized carbons (Fsp3) is 0.188. The second-order valence-electron chi connectivity index (χ2n) is 4.74. The van der Waals surface area contributed by atoms with Crippen LogP contribution in [-0.2, 0) is 11.3 Å². The van der Waals surface area contributed by atoms with E-state index >= 15 is 0 Å². The maximum absolute atomic E-state index is 11.8. The number of carbonyl (C=O) groups excluding carboxylic acids is 1. The number of amides is 1. The molecule has 0 spiro atoms. The van der Waals surface area contributed by atoms with Gasteiger partial charge in [0.05, 0.1) is 16.5 Å². The predicted octanol–water partition coefficient (Wildman–Crippen LogP) is 3.58. The van der Waals surface area contributed by atoms with Crippen LogP contribution in [0.25, 0.3) is 0 Å². The quantitative estimate of drug-likeness (QED) is 0.676. The Morgan fingerprint density at radius 1 is 1.18 bits per heavy atom. The van der Waals surface area contributed by atoms with Gasteiger partial charge in [0, 0.05) is 6.07 Å². The second-order valence-corrected chi connectivity index (χ2v) is 4.74. The normalized spacial score (nSPS) is 11.5. The van der Waals surface area contributed by atoms with Gasteiger partial charge in [0.2, 0.25) is 0 Å². The number of hydrogen-bond acceptors (Lipinski definition) is 4. The minimum atomic E-state index is -0.616. The van der Waals surface area contributed by atoms with Gasteiger partial charge in [-0.2, -0.15) is 0 Å². The molecule has 0 heterocycles. The number of rotatable bonds is 5. The first-order valence-electron chi connectivity index (χ1n) is 6.78. The fourth-order valence-electron chi connectivity index (χ4n) is 2.04. The molecule has 2 rings (SSSR count). The van der Waals surface area contributed by atoms with E-state index in [0.717, 1.165) is 5.56 Å². The summed E-state index contributed by atoms with van der Waals surface area (Å²) < 4.78 is 5.10. The molecule has 0 saturated carbocycles. The molecule has 0 aliphatic heterocycles. The monoisotopic (exact) mass is 300 g/mol. The number of ether oxygens (including phenoxy) is 1. The summed E-state index contributed by atoms with van der Waals surface area (Å²) in [5, 5.41) is 13.6. The molecule has 0 saturated heterocycles. The first kappa shape index (κ1) is 15.5. The zero-order chi connectivity index (χ0) is 15.9. The number of carbonyl (C=O) groups is 1. The average molecular weight is 300 g/mol. The van der Waals surface area contributed by atoms with Gasteiger partial charge in [-0.1, -0.05) is 48.5 Å². The van der Waals surface area contributed by atoms with Gasteiger partial charge in [-0.15, -0.1) is 0 Å². The molecule has 0 aliphatic carbocycles. The van der Waals surface area contributed by atoms with Crippen molar-refractivity contribution in [3.8, 4) is 0 Å². The highest BCUT2D eigenvalue weighted by atomic mass is 16.6. The summed E-state index contributed by atoms with van der Waals surface area (Å²) in [5.74, 6) is 0. The van der Waals surface area contributed by atoms with Crippen molar-refractivity contribution in [3.05, 3.63) is 75.8 Å². The Balaban J connectivity index is 1.95. The topological polar surface area (TPSA) is 81.5 Å². The van der Waals surface area contributed by atoms with Gasteiger partial charge in [0.25, 0.3) is 5.69 Å². The van der Waals surface area contributed by atoms with Crippen LogP contribution in [0.3, 0.4) is 0 Å². The molecule has 6 heteroatoms. The molecule has 22 heavy (non-hydrogen) atoms. The zero-order valence-electron chi connectivity index (χ0n) is 12.1. The third kappa shape index (κ3) is 4.05. The molecule has 1 amide bonds. The van der Waals surface area contributed by atoms with Crippen LogP contribution < -0.4 is 5.32 Å². The van der Waals surface area contributed by atoms with Crippen LogP contribution in [0.4, 0.5) is 10.5 Å². The van der Waals surface area contributed by atoms with Gasteiger partial charge in [-0.25, -0.2) is 4.79 Å². The molecule has 1 atom stereocenters. The summed E-state index contributed by atoms with van der Waals surface area (Å²) in [6, 6.07) is 15.0. The van der Waals surface area contributed by atoms with Crippen LogP contribution in [0.15, 0.2) is 54.6 Å². The van der Waals surface area contributed by atoms with E-state index in [-0.39, 0.29) is 12.3 Å². The van der Waals surface area contributed by atoms with Crippen LogP contribution in [0.5, 0.6) is 0 Å². The van der Waals surface area contributed by atoms with Crippen molar-refractivity contribution in [1.29, 1.82) is 0 Å². The average Bonchev–Trinajstić information content (AvgIpc) is 2.54. The highest BCUT2D eigenvalue weighted by Gasteiger charge is 2.19. The van der Waals surface area contributed by atoms with Crippen molar-refractivity contribution < 1.29 is 14.5 Å². The van der Waals surface area contributed by atoms with E-state index in [1.54, 1.807) is 25.1 Å². The van der Waals surface area contributed by atoms with Crippen molar-refractivity contribution in [2.45, 2.75) is 19.6 Å². The predicted molar refractivity (Wildman–Crippen MR) is 81.3 cm³/mol. The van der Waals surface area contributed by atoms with E-state index in [1.807, 2.05) is 30.3 Å². The lowest BCUT2D eigenvalue weighted by Crippen LogP contribution is -2.27. The Bertz CT molecular complexity index is 658. The van der Waals surface area contributed by atoms with E-state index in [4.69, 9.17) is 4.74 Å². The number of para-hydroxylation sites is 1. The van der Waals surface area contributed by atoms with Crippen LogP contribution in [0, 0.1) is 10.1 Å². The van der Waals surface area contributed by atoms with E-state index in [2.05, 4.69) is 5.32 Å².